The van der Waals surface area contributed by atoms with Crippen LogP contribution in [0, 0.1) is 0 Å². The molecule has 1 unspecified atom stereocenters. The van der Waals surface area contributed by atoms with Crippen molar-refractivity contribution in [1.82, 2.24) is 0 Å². The highest BCUT2D eigenvalue weighted by molar-refractivity contribution is 8.14. The lowest BCUT2D eigenvalue weighted by molar-refractivity contribution is 1.53. The van der Waals surface area contributed by atoms with E-state index in [2.05, 4.69) is 25.5 Å². The van der Waals surface area contributed by atoms with Gasteiger partial charge in [-0.3, -0.25) is 0 Å². The Labute approximate surface area is 42.5 Å². The minimum atomic E-state index is 0.591. The summed E-state index contributed by atoms with van der Waals surface area (Å²) < 4.78 is 0. The van der Waals surface area contributed by atoms with E-state index in [1.54, 1.807) is 0 Å². The van der Waals surface area contributed by atoms with Crippen molar-refractivity contribution < 1.29 is 0 Å². The molecule has 0 amide bonds. The van der Waals surface area contributed by atoms with Crippen LogP contribution in [0.2, 0.25) is 0 Å². The third-order valence-corrected chi connectivity index (χ3v) is 2.57. The standard InChI is InChI=1S/C5H12S/c1-4-6(3)5-2/h4H,5H2,1-3H3. The molecule has 1 heteroatoms. The Bertz CT molecular complexity index is 55.0. The largest absolute Gasteiger partial charge is 0.194 e. The van der Waals surface area contributed by atoms with Crippen LogP contribution in [0.1, 0.15) is 13.8 Å². The van der Waals surface area contributed by atoms with E-state index in [4.69, 9.17) is 0 Å². The maximum Gasteiger partial charge on any atom is -0.0151 e. The van der Waals surface area contributed by atoms with Crippen LogP contribution >= 0.6 is 10.5 Å². The Morgan fingerprint density at radius 2 is 2.17 bits per heavy atom. The molecule has 1 atom stereocenters. The molecule has 0 aromatic heterocycles. The van der Waals surface area contributed by atoms with E-state index < -0.39 is 0 Å². The van der Waals surface area contributed by atoms with Gasteiger partial charge in [0.05, 0.1) is 0 Å². The van der Waals surface area contributed by atoms with Crippen LogP contribution in [0.15, 0.2) is 0 Å². The molecule has 0 spiro atoms. The van der Waals surface area contributed by atoms with E-state index >= 15 is 0 Å². The van der Waals surface area contributed by atoms with Crippen molar-refractivity contribution >= 4 is 15.9 Å². The van der Waals surface area contributed by atoms with Gasteiger partial charge in [0.25, 0.3) is 0 Å². The first kappa shape index (κ1) is 6.22. The van der Waals surface area contributed by atoms with Gasteiger partial charge in [-0.1, -0.05) is 12.3 Å². The molecule has 0 aliphatic heterocycles. The Morgan fingerprint density at radius 3 is 2.17 bits per heavy atom. The SMILES string of the molecule is CC=S(C)CC. The zero-order valence-electron chi connectivity index (χ0n) is 4.69. The van der Waals surface area contributed by atoms with Crippen LogP contribution in [0.4, 0.5) is 0 Å². The van der Waals surface area contributed by atoms with E-state index in [1.807, 2.05) is 0 Å². The summed E-state index contributed by atoms with van der Waals surface area (Å²) in [5.74, 6) is 1.30. The predicted octanol–water partition coefficient (Wildman–Crippen LogP) is 1.73. The maximum absolute atomic E-state index is 2.25. The van der Waals surface area contributed by atoms with E-state index in [0.29, 0.717) is 10.5 Å². The second kappa shape index (κ2) is 3.41. The number of rotatable bonds is 1. The monoisotopic (exact) mass is 104 g/mol. The van der Waals surface area contributed by atoms with Gasteiger partial charge >= 0.3 is 0 Å². The second-order valence-electron chi connectivity index (χ2n) is 1.22. The summed E-state index contributed by atoms with van der Waals surface area (Å²) in [6.45, 7) is 4.33. The van der Waals surface area contributed by atoms with Crippen LogP contribution in [0.25, 0.3) is 0 Å². The van der Waals surface area contributed by atoms with Crippen molar-refractivity contribution in [1.29, 1.82) is 0 Å². The van der Waals surface area contributed by atoms with Crippen molar-refractivity contribution in [3.63, 3.8) is 0 Å². The quantitative estimate of drug-likeness (QED) is 0.444. The van der Waals surface area contributed by atoms with Crippen LogP contribution in [-0.4, -0.2) is 17.4 Å². The van der Waals surface area contributed by atoms with Gasteiger partial charge in [0.1, 0.15) is 0 Å². The van der Waals surface area contributed by atoms with Crippen molar-refractivity contribution in [3.8, 4) is 0 Å². The van der Waals surface area contributed by atoms with Gasteiger partial charge in [-0.2, -0.15) is 10.5 Å². The number of hydrogen-bond donors (Lipinski definition) is 0. The summed E-state index contributed by atoms with van der Waals surface area (Å²) in [5, 5.41) is 2.25. The fourth-order valence-electron chi connectivity index (χ4n) is 0.167. The highest BCUT2D eigenvalue weighted by Crippen LogP contribution is 2.00. The molecule has 0 N–H and O–H groups in total. The topological polar surface area (TPSA) is 0 Å². The van der Waals surface area contributed by atoms with E-state index in [9.17, 15) is 0 Å². The highest BCUT2D eigenvalue weighted by atomic mass is 32.2. The Balaban J connectivity index is 3.22. The maximum atomic E-state index is 2.25. The van der Waals surface area contributed by atoms with Gasteiger partial charge in [-0.25, -0.2) is 0 Å². The summed E-state index contributed by atoms with van der Waals surface area (Å²) in [6, 6.07) is 0. The van der Waals surface area contributed by atoms with Crippen LogP contribution < -0.4 is 0 Å². The molecule has 0 aromatic rings. The predicted molar refractivity (Wildman–Crippen MR) is 35.8 cm³/mol. The Morgan fingerprint density at radius 1 is 1.67 bits per heavy atom. The summed E-state index contributed by atoms with van der Waals surface area (Å²) >= 11 is 0. The van der Waals surface area contributed by atoms with E-state index in [0.717, 1.165) is 0 Å². The Hall–Kier alpha value is 0.220. The van der Waals surface area contributed by atoms with Crippen molar-refractivity contribution in [2.45, 2.75) is 13.8 Å². The molecule has 0 saturated heterocycles. The first-order valence-corrected chi connectivity index (χ1v) is 4.08. The average Bonchev–Trinajstić information content (AvgIpc) is 1.65. The third-order valence-electron chi connectivity index (χ3n) is 0.858. The smallest absolute Gasteiger partial charge is 0.0151 e. The lowest BCUT2D eigenvalue weighted by Gasteiger charge is -1.88. The van der Waals surface area contributed by atoms with Crippen molar-refractivity contribution in [2.24, 2.45) is 0 Å². The van der Waals surface area contributed by atoms with E-state index in [1.165, 1.54) is 5.75 Å². The fourth-order valence-corrected chi connectivity index (χ4v) is 0.500. The van der Waals surface area contributed by atoms with Crippen molar-refractivity contribution in [3.05, 3.63) is 0 Å². The van der Waals surface area contributed by atoms with Gasteiger partial charge in [0.15, 0.2) is 0 Å². The summed E-state index contributed by atoms with van der Waals surface area (Å²) in [6.07, 6.45) is 2.25. The highest BCUT2D eigenvalue weighted by Gasteiger charge is 1.70. The lowest BCUT2D eigenvalue weighted by atomic mass is 11.0. The molecule has 0 aliphatic rings. The van der Waals surface area contributed by atoms with Gasteiger partial charge in [-0.15, -0.1) is 0 Å². The molecular formula is C5H12S. The first-order chi connectivity index (χ1) is 2.81. The van der Waals surface area contributed by atoms with Crippen molar-refractivity contribution in [2.75, 3.05) is 12.0 Å². The molecule has 0 rings (SSSR count). The minimum absolute atomic E-state index is 0.591. The minimum Gasteiger partial charge on any atom is -0.194 e. The molecular weight excluding hydrogens is 92.1 g/mol. The van der Waals surface area contributed by atoms with E-state index in [-0.39, 0.29) is 0 Å². The average molecular weight is 104 g/mol. The molecule has 0 nitrogen and oxygen atoms in total. The summed E-state index contributed by atoms with van der Waals surface area (Å²) in [7, 11) is 0.591. The van der Waals surface area contributed by atoms with Crippen LogP contribution in [-0.2, 0) is 0 Å². The molecule has 0 aromatic carbocycles. The molecule has 0 aliphatic carbocycles. The zero-order chi connectivity index (χ0) is 4.99. The molecule has 0 fully saturated rings. The fraction of sp³-hybridized carbons (Fsp3) is 0.800. The molecule has 6 heavy (non-hydrogen) atoms. The normalized spacial score (nSPS) is 15.2. The van der Waals surface area contributed by atoms with Crippen LogP contribution in [0.5, 0.6) is 0 Å². The zero-order valence-corrected chi connectivity index (χ0v) is 5.51. The van der Waals surface area contributed by atoms with Gasteiger partial charge in [0.2, 0.25) is 0 Å². The first-order valence-electron chi connectivity index (χ1n) is 2.22. The molecule has 0 saturated carbocycles. The van der Waals surface area contributed by atoms with Gasteiger partial charge < -0.3 is 0 Å². The molecule has 0 heterocycles. The lowest BCUT2D eigenvalue weighted by Crippen LogP contribution is -1.68. The Kier molecular flexibility index (Phi) is 3.54. The van der Waals surface area contributed by atoms with Gasteiger partial charge in [-0.05, 0) is 18.9 Å². The van der Waals surface area contributed by atoms with Gasteiger partial charge in [0, 0.05) is 0 Å². The molecule has 38 valence electrons. The summed E-state index contributed by atoms with van der Waals surface area (Å²) in [5.41, 5.74) is 0. The summed E-state index contributed by atoms with van der Waals surface area (Å²) in [4.78, 5) is 0. The second-order valence-corrected chi connectivity index (χ2v) is 3.65. The van der Waals surface area contributed by atoms with Crippen LogP contribution in [0.3, 0.4) is 0 Å². The molecule has 0 radical (unpaired) electrons. The number of hydrogen-bond acceptors (Lipinski definition) is 0. The molecule has 0 bridgehead atoms. The third kappa shape index (κ3) is 2.46.